The van der Waals surface area contributed by atoms with Crippen molar-refractivity contribution in [2.45, 2.75) is 0 Å². The van der Waals surface area contributed by atoms with E-state index in [4.69, 9.17) is 4.42 Å². The first-order chi connectivity index (χ1) is 30.7. The van der Waals surface area contributed by atoms with Gasteiger partial charge in [0.2, 0.25) is 0 Å². The van der Waals surface area contributed by atoms with Crippen LogP contribution in [-0.4, -0.2) is 0 Å². The number of hydrogen-bond donors (Lipinski definition) is 0. The second-order valence-corrected chi connectivity index (χ2v) is 16.1. The summed E-state index contributed by atoms with van der Waals surface area (Å²) in [5, 5.41) is 9.55. The summed E-state index contributed by atoms with van der Waals surface area (Å²) in [5.74, 6) is 0. The zero-order valence-corrected chi connectivity index (χ0v) is 33.9. The normalized spacial score (nSPS) is 11.5. The Kier molecular flexibility index (Phi) is 8.53. The molecule has 0 saturated heterocycles. The average molecular weight is 790 g/mol. The molecule has 0 aliphatic rings. The highest BCUT2D eigenvalue weighted by molar-refractivity contribution is 6.15. The number of para-hydroxylation sites is 1. The van der Waals surface area contributed by atoms with E-state index in [2.05, 4.69) is 241 Å². The third-order valence-electron chi connectivity index (χ3n) is 12.5. The first-order valence-corrected chi connectivity index (χ1v) is 21.2. The van der Waals surface area contributed by atoms with E-state index < -0.39 is 0 Å². The summed E-state index contributed by atoms with van der Waals surface area (Å²) in [6.45, 7) is 0. The lowest BCUT2D eigenvalue weighted by Gasteiger charge is -2.28. The Morgan fingerprint density at radius 1 is 0.274 bits per heavy atom. The van der Waals surface area contributed by atoms with Crippen molar-refractivity contribution in [2.24, 2.45) is 0 Å². The van der Waals surface area contributed by atoms with Gasteiger partial charge in [-0.3, -0.25) is 0 Å². The first-order valence-electron chi connectivity index (χ1n) is 21.2. The predicted octanol–water partition coefficient (Wildman–Crippen LogP) is 17.2. The fourth-order valence-electron chi connectivity index (χ4n) is 9.31. The number of rotatable bonds is 7. The van der Waals surface area contributed by atoms with Crippen LogP contribution in [0.1, 0.15) is 0 Å². The number of anilines is 3. The molecule has 62 heavy (non-hydrogen) atoms. The van der Waals surface area contributed by atoms with Crippen molar-refractivity contribution in [1.82, 2.24) is 0 Å². The zero-order valence-electron chi connectivity index (χ0n) is 33.9. The first kappa shape index (κ1) is 35.7. The van der Waals surface area contributed by atoms with E-state index in [0.29, 0.717) is 0 Å². The van der Waals surface area contributed by atoms with Gasteiger partial charge >= 0.3 is 0 Å². The highest BCUT2D eigenvalue weighted by Gasteiger charge is 2.19. The third kappa shape index (κ3) is 6.20. The van der Waals surface area contributed by atoms with E-state index in [1.807, 2.05) is 0 Å². The van der Waals surface area contributed by atoms with Crippen LogP contribution in [0.5, 0.6) is 0 Å². The van der Waals surface area contributed by atoms with E-state index in [1.165, 1.54) is 60.3 Å². The molecular weight excluding hydrogens is 751 g/mol. The van der Waals surface area contributed by atoms with Gasteiger partial charge in [-0.15, -0.1) is 0 Å². The molecule has 0 aliphatic heterocycles. The summed E-state index contributed by atoms with van der Waals surface area (Å²) >= 11 is 0. The van der Waals surface area contributed by atoms with E-state index in [9.17, 15) is 0 Å². The van der Waals surface area contributed by atoms with Gasteiger partial charge in [-0.1, -0.05) is 182 Å². The number of hydrogen-bond acceptors (Lipinski definition) is 2. The zero-order chi connectivity index (χ0) is 41.0. The molecule has 0 spiro atoms. The molecule has 11 aromatic carbocycles. The van der Waals surface area contributed by atoms with Gasteiger partial charge in [0.05, 0.1) is 5.69 Å². The Morgan fingerprint density at radius 2 is 0.790 bits per heavy atom. The Hall–Kier alpha value is -8.20. The molecule has 0 bridgehead atoms. The van der Waals surface area contributed by atoms with Crippen molar-refractivity contribution in [3.63, 3.8) is 0 Å². The van der Waals surface area contributed by atoms with Gasteiger partial charge in [0, 0.05) is 33.1 Å². The van der Waals surface area contributed by atoms with Gasteiger partial charge in [-0.2, -0.15) is 0 Å². The van der Waals surface area contributed by atoms with E-state index in [-0.39, 0.29) is 0 Å². The number of furan rings is 1. The minimum absolute atomic E-state index is 0.888. The molecule has 1 heterocycles. The van der Waals surface area contributed by atoms with Crippen LogP contribution in [0.15, 0.2) is 241 Å². The molecule has 0 unspecified atom stereocenters. The maximum Gasteiger partial charge on any atom is 0.143 e. The molecule has 0 N–H and O–H groups in total. The molecular formula is C60H39NO. The van der Waals surface area contributed by atoms with Crippen molar-refractivity contribution in [3.05, 3.63) is 237 Å². The van der Waals surface area contributed by atoms with Gasteiger partial charge in [0.15, 0.2) is 0 Å². The van der Waals surface area contributed by atoms with Crippen molar-refractivity contribution in [3.8, 4) is 44.5 Å². The van der Waals surface area contributed by atoms with Crippen LogP contribution in [-0.2, 0) is 0 Å². The molecule has 0 atom stereocenters. The predicted molar refractivity (Wildman–Crippen MR) is 263 cm³/mol. The Morgan fingerprint density at radius 3 is 1.55 bits per heavy atom. The minimum atomic E-state index is 0.888. The van der Waals surface area contributed by atoms with E-state index in [1.54, 1.807) is 0 Å². The second kappa shape index (κ2) is 14.8. The Balaban J connectivity index is 0.949. The standard InChI is InChI=1S/C60H39NO/c1-2-13-47-38-48(25-22-40(47)10-1)43-28-34-51(35-29-43)61(50-32-26-42(27-33-50)41-20-23-46(24-21-41)53-18-9-14-44-11-3-5-15-52(44)53)58-19-8-7-16-54(58)49-31-37-59-57(39-49)56-36-30-45-12-4-6-17-55(45)60(56)62-59/h1-39H. The van der Waals surface area contributed by atoms with Gasteiger partial charge in [0.25, 0.3) is 0 Å². The number of benzene rings is 11. The summed E-state index contributed by atoms with van der Waals surface area (Å²) in [7, 11) is 0. The summed E-state index contributed by atoms with van der Waals surface area (Å²) < 4.78 is 6.53. The number of fused-ring (bicyclic) bond motifs is 7. The van der Waals surface area contributed by atoms with Crippen LogP contribution in [0.25, 0.3) is 98.8 Å². The maximum absolute atomic E-state index is 6.53. The van der Waals surface area contributed by atoms with Crippen molar-refractivity contribution in [2.75, 3.05) is 4.90 Å². The van der Waals surface area contributed by atoms with Crippen LogP contribution in [0, 0.1) is 0 Å². The third-order valence-corrected chi connectivity index (χ3v) is 12.5. The van der Waals surface area contributed by atoms with Gasteiger partial charge in [-0.05, 0) is 120 Å². The lowest BCUT2D eigenvalue weighted by atomic mass is 9.96. The Labute approximate surface area is 360 Å². The van der Waals surface area contributed by atoms with Crippen molar-refractivity contribution >= 4 is 71.3 Å². The second-order valence-electron chi connectivity index (χ2n) is 16.1. The van der Waals surface area contributed by atoms with Crippen LogP contribution in [0.2, 0.25) is 0 Å². The minimum Gasteiger partial charge on any atom is -0.455 e. The topological polar surface area (TPSA) is 16.4 Å². The largest absolute Gasteiger partial charge is 0.455 e. The molecule has 12 aromatic rings. The lowest BCUT2D eigenvalue weighted by molar-refractivity contribution is 0.672. The highest BCUT2D eigenvalue weighted by atomic mass is 16.3. The molecule has 2 heteroatoms. The molecule has 290 valence electrons. The molecule has 0 saturated carbocycles. The SMILES string of the molecule is c1ccc(N(c2ccc(-c3ccc(-c4cccc5ccccc45)cc3)cc2)c2ccc(-c3ccc4ccccc4c3)cc2)c(-c2ccc3oc4c5ccccc5ccc4c3c2)c1. The van der Waals surface area contributed by atoms with Crippen molar-refractivity contribution < 1.29 is 4.42 Å². The van der Waals surface area contributed by atoms with Crippen LogP contribution in [0.4, 0.5) is 17.1 Å². The molecule has 12 rings (SSSR count). The maximum atomic E-state index is 6.53. The summed E-state index contributed by atoms with van der Waals surface area (Å²) in [5.41, 5.74) is 14.5. The van der Waals surface area contributed by atoms with Crippen molar-refractivity contribution in [1.29, 1.82) is 0 Å². The summed E-state index contributed by atoms with van der Waals surface area (Å²) in [4.78, 5) is 2.39. The quantitative estimate of drug-likeness (QED) is 0.160. The molecule has 0 radical (unpaired) electrons. The summed E-state index contributed by atoms with van der Waals surface area (Å²) in [6, 6.07) is 85.5. The van der Waals surface area contributed by atoms with Gasteiger partial charge < -0.3 is 9.32 Å². The molecule has 0 amide bonds. The number of nitrogens with zero attached hydrogens (tertiary/aromatic N) is 1. The highest BCUT2D eigenvalue weighted by Crippen LogP contribution is 2.44. The monoisotopic (exact) mass is 789 g/mol. The van der Waals surface area contributed by atoms with Crippen LogP contribution >= 0.6 is 0 Å². The van der Waals surface area contributed by atoms with E-state index >= 15 is 0 Å². The smallest absolute Gasteiger partial charge is 0.143 e. The van der Waals surface area contributed by atoms with Gasteiger partial charge in [0.1, 0.15) is 11.2 Å². The van der Waals surface area contributed by atoms with Crippen LogP contribution in [0.3, 0.4) is 0 Å². The Bertz CT molecular complexity index is 3610. The molecule has 2 nitrogen and oxygen atoms in total. The van der Waals surface area contributed by atoms with Gasteiger partial charge in [-0.25, -0.2) is 0 Å². The molecule has 1 aromatic heterocycles. The van der Waals surface area contributed by atoms with E-state index in [0.717, 1.165) is 55.5 Å². The fourth-order valence-corrected chi connectivity index (χ4v) is 9.31. The summed E-state index contributed by atoms with van der Waals surface area (Å²) in [6.07, 6.45) is 0. The molecule has 0 fully saturated rings. The average Bonchev–Trinajstić information content (AvgIpc) is 3.73. The lowest BCUT2D eigenvalue weighted by Crippen LogP contribution is -2.11. The van der Waals surface area contributed by atoms with Crippen LogP contribution < -0.4 is 4.90 Å². The molecule has 0 aliphatic carbocycles. The fraction of sp³-hybridized carbons (Fsp3) is 0.